The number of hydrogen-bond acceptors (Lipinski definition) is 5. The molecule has 8 heteroatoms. The van der Waals surface area contributed by atoms with Gasteiger partial charge in [-0.2, -0.15) is 0 Å². The number of ether oxygens (including phenoxy) is 2. The van der Waals surface area contributed by atoms with Crippen molar-refractivity contribution < 1.29 is 23.5 Å². The molecule has 142 valence electrons. The van der Waals surface area contributed by atoms with E-state index in [0.29, 0.717) is 11.3 Å². The van der Waals surface area contributed by atoms with Gasteiger partial charge in [-0.25, -0.2) is 14.0 Å². The number of methoxy groups -OCH3 is 1. The number of thioether (sulfide) groups is 1. The van der Waals surface area contributed by atoms with Crippen LogP contribution in [0, 0.1) is 5.82 Å². The summed E-state index contributed by atoms with van der Waals surface area (Å²) < 4.78 is 24.3. The van der Waals surface area contributed by atoms with Gasteiger partial charge >= 0.3 is 12.2 Å². The van der Waals surface area contributed by atoms with Gasteiger partial charge < -0.3 is 14.8 Å². The fraction of sp³-hybridized carbons (Fsp3) is 0.263. The van der Waals surface area contributed by atoms with Crippen molar-refractivity contribution in [3.63, 3.8) is 0 Å². The molecule has 2 aromatic carbocycles. The molecule has 0 aromatic heterocycles. The number of alkyl carbamates (subject to hydrolysis) is 1. The Morgan fingerprint density at radius 2 is 2.07 bits per heavy atom. The molecule has 0 unspecified atom stereocenters. The Bertz CT molecular complexity index is 844. The van der Waals surface area contributed by atoms with Crippen LogP contribution in [-0.4, -0.2) is 44.7 Å². The molecule has 27 heavy (non-hydrogen) atoms. The maximum atomic E-state index is 14.6. The summed E-state index contributed by atoms with van der Waals surface area (Å²) >= 11 is 1.62. The molecule has 0 saturated carbocycles. The molecule has 0 radical (unpaired) electrons. The monoisotopic (exact) mass is 390 g/mol. The molecule has 0 bridgehead atoms. The predicted molar refractivity (Wildman–Crippen MR) is 102 cm³/mol. The van der Waals surface area contributed by atoms with E-state index in [-0.39, 0.29) is 13.1 Å². The number of cyclic esters (lactones) is 1. The van der Waals surface area contributed by atoms with E-state index in [9.17, 15) is 14.0 Å². The SMILES string of the molecule is COC(=O)NC[C@H]1CN(c2ccc(-c3ccc(SC)cc3)c(F)c2)C(=O)O1. The topological polar surface area (TPSA) is 67.9 Å². The number of anilines is 1. The lowest BCUT2D eigenvalue weighted by Crippen LogP contribution is -2.34. The maximum Gasteiger partial charge on any atom is 0.414 e. The first-order valence-electron chi connectivity index (χ1n) is 8.25. The van der Waals surface area contributed by atoms with Crippen LogP contribution in [0.15, 0.2) is 47.4 Å². The molecule has 1 aliphatic heterocycles. The zero-order valence-electron chi connectivity index (χ0n) is 14.9. The van der Waals surface area contributed by atoms with Gasteiger partial charge in [-0.1, -0.05) is 12.1 Å². The van der Waals surface area contributed by atoms with Gasteiger partial charge in [0.1, 0.15) is 11.9 Å². The summed E-state index contributed by atoms with van der Waals surface area (Å²) in [6.45, 7) is 0.335. The van der Waals surface area contributed by atoms with E-state index >= 15 is 0 Å². The number of amides is 2. The van der Waals surface area contributed by atoms with Gasteiger partial charge in [0.2, 0.25) is 0 Å². The zero-order chi connectivity index (χ0) is 19.4. The van der Waals surface area contributed by atoms with Crippen molar-refractivity contribution in [2.45, 2.75) is 11.0 Å². The highest BCUT2D eigenvalue weighted by molar-refractivity contribution is 7.98. The molecule has 1 saturated heterocycles. The predicted octanol–water partition coefficient (Wildman–Crippen LogP) is 3.90. The second kappa shape index (κ2) is 8.30. The number of benzene rings is 2. The molecule has 1 aliphatic rings. The minimum absolute atomic E-state index is 0.122. The summed E-state index contributed by atoms with van der Waals surface area (Å²) in [5.74, 6) is -0.423. The Balaban J connectivity index is 1.73. The molecule has 0 aliphatic carbocycles. The van der Waals surface area contributed by atoms with Crippen LogP contribution >= 0.6 is 11.8 Å². The quantitative estimate of drug-likeness (QED) is 0.785. The first kappa shape index (κ1) is 19.0. The summed E-state index contributed by atoms with van der Waals surface area (Å²) in [6.07, 6.45) is 0.266. The third-order valence-electron chi connectivity index (χ3n) is 4.20. The molecule has 1 fully saturated rings. The molecule has 1 heterocycles. The highest BCUT2D eigenvalue weighted by atomic mass is 32.2. The standard InChI is InChI=1S/C19H19FN2O4S/c1-25-18(23)21-10-14-11-22(19(24)26-14)13-5-8-16(17(20)9-13)12-3-6-15(27-2)7-4-12/h3-9,14H,10-11H2,1-2H3,(H,21,23)/t14-/m0/s1. The van der Waals surface area contributed by atoms with Crippen LogP contribution in [0.2, 0.25) is 0 Å². The van der Waals surface area contributed by atoms with Gasteiger partial charge in [0, 0.05) is 10.5 Å². The Hall–Kier alpha value is -2.74. The highest BCUT2D eigenvalue weighted by Gasteiger charge is 2.33. The minimum atomic E-state index is -0.604. The molecule has 1 N–H and O–H groups in total. The first-order valence-corrected chi connectivity index (χ1v) is 9.48. The lowest BCUT2D eigenvalue weighted by molar-refractivity contribution is 0.132. The number of nitrogens with zero attached hydrogens (tertiary/aromatic N) is 1. The van der Waals surface area contributed by atoms with Crippen molar-refractivity contribution in [3.8, 4) is 11.1 Å². The summed E-state index contributed by atoms with van der Waals surface area (Å²) in [5.41, 5.74) is 1.63. The molecular formula is C19H19FN2O4S. The normalized spacial score (nSPS) is 16.2. The van der Waals surface area contributed by atoms with E-state index in [4.69, 9.17) is 4.74 Å². The summed E-state index contributed by atoms with van der Waals surface area (Å²) in [4.78, 5) is 25.6. The van der Waals surface area contributed by atoms with Crippen molar-refractivity contribution in [1.29, 1.82) is 0 Å². The largest absolute Gasteiger partial charge is 0.453 e. The van der Waals surface area contributed by atoms with Crippen LogP contribution in [0.4, 0.5) is 19.7 Å². The van der Waals surface area contributed by atoms with Crippen molar-refractivity contribution in [3.05, 3.63) is 48.3 Å². The van der Waals surface area contributed by atoms with Gasteiger partial charge in [0.05, 0.1) is 25.9 Å². The average molecular weight is 390 g/mol. The Morgan fingerprint density at radius 1 is 1.33 bits per heavy atom. The second-order valence-corrected chi connectivity index (χ2v) is 6.76. The number of halogens is 1. The lowest BCUT2D eigenvalue weighted by atomic mass is 10.0. The van der Waals surface area contributed by atoms with Gasteiger partial charge in [0.25, 0.3) is 0 Å². The summed E-state index contributed by atoms with van der Waals surface area (Å²) in [5, 5.41) is 2.48. The summed E-state index contributed by atoms with van der Waals surface area (Å²) in [7, 11) is 1.25. The molecule has 3 rings (SSSR count). The molecule has 0 spiro atoms. The number of carbonyl (C=O) groups is 2. The van der Waals surface area contributed by atoms with Gasteiger partial charge in [-0.3, -0.25) is 4.90 Å². The lowest BCUT2D eigenvalue weighted by Gasteiger charge is -2.14. The van der Waals surface area contributed by atoms with Gasteiger partial charge in [-0.15, -0.1) is 11.8 Å². The smallest absolute Gasteiger partial charge is 0.414 e. The Labute approximate surface area is 160 Å². The van der Waals surface area contributed by atoms with Crippen LogP contribution in [0.1, 0.15) is 0 Å². The fourth-order valence-electron chi connectivity index (χ4n) is 2.78. The zero-order valence-corrected chi connectivity index (χ0v) is 15.7. The van der Waals surface area contributed by atoms with Crippen LogP contribution in [0.25, 0.3) is 11.1 Å². The molecule has 1 atom stereocenters. The van der Waals surface area contributed by atoms with Crippen LogP contribution in [0.5, 0.6) is 0 Å². The number of rotatable bonds is 5. The molecule has 2 amide bonds. The van der Waals surface area contributed by atoms with Crippen molar-refractivity contribution >= 4 is 29.6 Å². The number of carbonyl (C=O) groups excluding carboxylic acids is 2. The van der Waals surface area contributed by atoms with Crippen LogP contribution in [-0.2, 0) is 9.47 Å². The van der Waals surface area contributed by atoms with Crippen LogP contribution in [0.3, 0.4) is 0 Å². The number of hydrogen-bond donors (Lipinski definition) is 1. The third-order valence-corrected chi connectivity index (χ3v) is 4.94. The first-order chi connectivity index (χ1) is 13.0. The van der Waals surface area contributed by atoms with Crippen molar-refractivity contribution in [2.75, 3.05) is 31.4 Å². The maximum absolute atomic E-state index is 14.6. The molecular weight excluding hydrogens is 371 g/mol. The average Bonchev–Trinajstić information content (AvgIpc) is 3.06. The Kier molecular flexibility index (Phi) is 5.85. The van der Waals surface area contributed by atoms with Gasteiger partial charge in [-0.05, 0) is 42.2 Å². The van der Waals surface area contributed by atoms with Crippen molar-refractivity contribution in [2.24, 2.45) is 0 Å². The van der Waals surface area contributed by atoms with Gasteiger partial charge in [0.15, 0.2) is 0 Å². The molecule has 6 nitrogen and oxygen atoms in total. The minimum Gasteiger partial charge on any atom is -0.453 e. The van der Waals surface area contributed by atoms with E-state index in [1.54, 1.807) is 23.9 Å². The molecule has 2 aromatic rings. The van der Waals surface area contributed by atoms with E-state index < -0.39 is 24.1 Å². The van der Waals surface area contributed by atoms with E-state index in [1.807, 2.05) is 30.5 Å². The third kappa shape index (κ3) is 4.33. The number of nitrogens with one attached hydrogen (secondary N) is 1. The van der Waals surface area contributed by atoms with E-state index in [1.165, 1.54) is 18.1 Å². The second-order valence-electron chi connectivity index (χ2n) is 5.88. The fourth-order valence-corrected chi connectivity index (χ4v) is 3.19. The van der Waals surface area contributed by atoms with E-state index in [0.717, 1.165) is 10.5 Å². The van der Waals surface area contributed by atoms with Crippen molar-refractivity contribution in [1.82, 2.24) is 5.32 Å². The summed E-state index contributed by atoms with van der Waals surface area (Å²) in [6, 6.07) is 12.2. The van der Waals surface area contributed by atoms with E-state index in [2.05, 4.69) is 10.1 Å². The highest BCUT2D eigenvalue weighted by Crippen LogP contribution is 2.30. The van der Waals surface area contributed by atoms with Crippen LogP contribution < -0.4 is 10.2 Å². The Morgan fingerprint density at radius 3 is 2.70 bits per heavy atom.